The third-order valence-electron chi connectivity index (χ3n) is 3.98. The number of anilines is 2. The fourth-order valence-electron chi connectivity index (χ4n) is 2.70. The van der Waals surface area contributed by atoms with E-state index in [0.717, 1.165) is 18.7 Å². The third-order valence-corrected chi connectivity index (χ3v) is 3.98. The second-order valence-corrected chi connectivity index (χ2v) is 5.79. The van der Waals surface area contributed by atoms with Gasteiger partial charge in [-0.15, -0.1) is 0 Å². The number of hydrogen-bond donors (Lipinski definition) is 2. The van der Waals surface area contributed by atoms with E-state index in [-0.39, 0.29) is 24.3 Å². The molecular formula is C19H19N3O3. The van der Waals surface area contributed by atoms with E-state index in [4.69, 9.17) is 0 Å². The first-order valence-corrected chi connectivity index (χ1v) is 8.17. The molecule has 0 aromatic heterocycles. The average molecular weight is 337 g/mol. The van der Waals surface area contributed by atoms with Crippen molar-refractivity contribution in [3.8, 4) is 0 Å². The SMILES string of the molecule is O=C(CNC(=O)c1ccccc1)Nc1ccc(N2CCCC2=O)cc1. The van der Waals surface area contributed by atoms with Gasteiger partial charge in [0.2, 0.25) is 11.8 Å². The molecule has 6 heteroatoms. The maximum absolute atomic E-state index is 12.0. The summed E-state index contributed by atoms with van der Waals surface area (Å²) in [7, 11) is 0. The van der Waals surface area contributed by atoms with E-state index >= 15 is 0 Å². The van der Waals surface area contributed by atoms with Gasteiger partial charge in [0.25, 0.3) is 5.91 Å². The lowest BCUT2D eigenvalue weighted by Gasteiger charge is -2.16. The van der Waals surface area contributed by atoms with Crippen molar-refractivity contribution in [2.75, 3.05) is 23.3 Å². The summed E-state index contributed by atoms with van der Waals surface area (Å²) in [5.41, 5.74) is 1.96. The molecule has 1 fully saturated rings. The van der Waals surface area contributed by atoms with Crippen LogP contribution >= 0.6 is 0 Å². The quantitative estimate of drug-likeness (QED) is 0.878. The van der Waals surface area contributed by atoms with Gasteiger partial charge in [0.15, 0.2) is 0 Å². The van der Waals surface area contributed by atoms with Crippen LogP contribution in [0.4, 0.5) is 11.4 Å². The Labute approximate surface area is 145 Å². The topological polar surface area (TPSA) is 78.5 Å². The molecule has 25 heavy (non-hydrogen) atoms. The van der Waals surface area contributed by atoms with E-state index in [1.807, 2.05) is 6.07 Å². The Balaban J connectivity index is 1.51. The highest BCUT2D eigenvalue weighted by molar-refractivity contribution is 5.99. The summed E-state index contributed by atoms with van der Waals surface area (Å²) in [6, 6.07) is 15.8. The third kappa shape index (κ3) is 4.23. The highest BCUT2D eigenvalue weighted by atomic mass is 16.2. The molecule has 2 aromatic rings. The fourth-order valence-corrected chi connectivity index (χ4v) is 2.70. The molecule has 1 aliphatic heterocycles. The van der Waals surface area contributed by atoms with Gasteiger partial charge in [-0.3, -0.25) is 14.4 Å². The molecule has 0 saturated carbocycles. The molecule has 0 unspecified atom stereocenters. The largest absolute Gasteiger partial charge is 0.343 e. The van der Waals surface area contributed by atoms with E-state index < -0.39 is 0 Å². The first kappa shape index (κ1) is 16.7. The Morgan fingerprint density at radius 2 is 1.72 bits per heavy atom. The molecule has 1 saturated heterocycles. The first-order chi connectivity index (χ1) is 12.1. The number of carbonyl (C=O) groups excluding carboxylic acids is 3. The molecule has 0 radical (unpaired) electrons. The van der Waals surface area contributed by atoms with Crippen molar-refractivity contribution in [3.63, 3.8) is 0 Å². The lowest BCUT2D eigenvalue weighted by atomic mass is 10.2. The summed E-state index contributed by atoms with van der Waals surface area (Å²) in [5, 5.41) is 5.30. The molecule has 0 bridgehead atoms. The van der Waals surface area contributed by atoms with Gasteiger partial charge in [-0.1, -0.05) is 18.2 Å². The van der Waals surface area contributed by atoms with Crippen LogP contribution in [0.25, 0.3) is 0 Å². The molecule has 2 aromatic carbocycles. The lowest BCUT2D eigenvalue weighted by molar-refractivity contribution is -0.117. The van der Waals surface area contributed by atoms with Gasteiger partial charge in [0.1, 0.15) is 0 Å². The van der Waals surface area contributed by atoms with Crippen molar-refractivity contribution in [1.29, 1.82) is 0 Å². The number of rotatable bonds is 5. The molecular weight excluding hydrogens is 318 g/mol. The van der Waals surface area contributed by atoms with Crippen molar-refractivity contribution in [3.05, 3.63) is 60.2 Å². The van der Waals surface area contributed by atoms with Crippen molar-refractivity contribution in [2.24, 2.45) is 0 Å². The number of amides is 3. The van der Waals surface area contributed by atoms with Crippen molar-refractivity contribution < 1.29 is 14.4 Å². The predicted molar refractivity (Wildman–Crippen MR) is 95.4 cm³/mol. The van der Waals surface area contributed by atoms with Crippen molar-refractivity contribution in [2.45, 2.75) is 12.8 Å². The minimum atomic E-state index is -0.311. The summed E-state index contributed by atoms with van der Waals surface area (Å²) in [6.07, 6.45) is 1.46. The Morgan fingerprint density at radius 3 is 2.36 bits per heavy atom. The van der Waals surface area contributed by atoms with Crippen LogP contribution in [0.5, 0.6) is 0 Å². The molecule has 0 aliphatic carbocycles. The smallest absolute Gasteiger partial charge is 0.251 e. The fraction of sp³-hybridized carbons (Fsp3) is 0.211. The number of carbonyl (C=O) groups is 3. The van der Waals surface area contributed by atoms with Gasteiger partial charge >= 0.3 is 0 Å². The van der Waals surface area contributed by atoms with Crippen LogP contribution in [0.2, 0.25) is 0 Å². The van der Waals surface area contributed by atoms with E-state index in [2.05, 4.69) is 10.6 Å². The molecule has 2 N–H and O–H groups in total. The monoisotopic (exact) mass is 337 g/mol. The van der Waals surface area contributed by atoms with Gasteiger partial charge < -0.3 is 15.5 Å². The van der Waals surface area contributed by atoms with Gasteiger partial charge in [-0.2, -0.15) is 0 Å². The highest BCUT2D eigenvalue weighted by Crippen LogP contribution is 2.22. The van der Waals surface area contributed by atoms with Gasteiger partial charge in [0.05, 0.1) is 6.54 Å². The second-order valence-electron chi connectivity index (χ2n) is 5.79. The summed E-state index contributed by atoms with van der Waals surface area (Å²) >= 11 is 0. The normalized spacial score (nSPS) is 13.6. The average Bonchev–Trinajstić information content (AvgIpc) is 3.07. The Kier molecular flexibility index (Phi) is 5.09. The highest BCUT2D eigenvalue weighted by Gasteiger charge is 2.21. The molecule has 3 rings (SSSR count). The first-order valence-electron chi connectivity index (χ1n) is 8.17. The van der Waals surface area contributed by atoms with E-state index in [1.165, 1.54) is 0 Å². The van der Waals surface area contributed by atoms with Gasteiger partial charge in [-0.25, -0.2) is 0 Å². The summed E-state index contributed by atoms with van der Waals surface area (Å²) in [5.74, 6) is -0.478. The van der Waals surface area contributed by atoms with E-state index in [9.17, 15) is 14.4 Å². The number of nitrogens with zero attached hydrogens (tertiary/aromatic N) is 1. The van der Waals surface area contributed by atoms with E-state index in [0.29, 0.717) is 17.7 Å². The zero-order valence-electron chi connectivity index (χ0n) is 13.7. The molecule has 3 amide bonds. The molecule has 128 valence electrons. The Hall–Kier alpha value is -3.15. The van der Waals surface area contributed by atoms with Crippen LogP contribution < -0.4 is 15.5 Å². The summed E-state index contributed by atoms with van der Waals surface area (Å²) in [6.45, 7) is 0.621. The van der Waals surface area contributed by atoms with Crippen LogP contribution in [0.1, 0.15) is 23.2 Å². The lowest BCUT2D eigenvalue weighted by Crippen LogP contribution is -2.32. The van der Waals surface area contributed by atoms with Gasteiger partial charge in [-0.05, 0) is 42.8 Å². The van der Waals surface area contributed by atoms with Crippen molar-refractivity contribution >= 4 is 29.1 Å². The molecule has 6 nitrogen and oxygen atoms in total. The maximum Gasteiger partial charge on any atom is 0.251 e. The zero-order chi connectivity index (χ0) is 17.6. The maximum atomic E-state index is 12.0. The molecule has 0 atom stereocenters. The van der Waals surface area contributed by atoms with Crippen molar-refractivity contribution in [1.82, 2.24) is 5.32 Å². The minimum absolute atomic E-state index is 0.111. The Morgan fingerprint density at radius 1 is 1.00 bits per heavy atom. The van der Waals surface area contributed by atoms with Crippen LogP contribution in [-0.4, -0.2) is 30.8 Å². The number of benzene rings is 2. The summed E-state index contributed by atoms with van der Waals surface area (Å²) in [4.78, 5) is 37.3. The summed E-state index contributed by atoms with van der Waals surface area (Å²) < 4.78 is 0. The van der Waals surface area contributed by atoms with Gasteiger partial charge in [0, 0.05) is 29.9 Å². The van der Waals surface area contributed by atoms with Crippen LogP contribution in [0.15, 0.2) is 54.6 Å². The zero-order valence-corrected chi connectivity index (χ0v) is 13.7. The molecule has 1 heterocycles. The van der Waals surface area contributed by atoms with Crippen LogP contribution in [0.3, 0.4) is 0 Å². The molecule has 1 aliphatic rings. The number of nitrogens with one attached hydrogen (secondary N) is 2. The molecule has 0 spiro atoms. The minimum Gasteiger partial charge on any atom is -0.343 e. The Bertz CT molecular complexity index is 772. The second kappa shape index (κ2) is 7.61. The standard InChI is InChI=1S/C19H19N3O3/c23-17(13-20-19(25)14-5-2-1-3-6-14)21-15-8-10-16(11-9-15)22-12-4-7-18(22)24/h1-3,5-6,8-11H,4,7,12-13H2,(H,20,25)(H,21,23). The number of hydrogen-bond acceptors (Lipinski definition) is 3. The van der Waals surface area contributed by atoms with Crippen LogP contribution in [0, 0.1) is 0 Å². The van der Waals surface area contributed by atoms with E-state index in [1.54, 1.807) is 53.4 Å². The predicted octanol–water partition coefficient (Wildman–Crippen LogP) is 2.18. The van der Waals surface area contributed by atoms with Crippen LogP contribution in [-0.2, 0) is 9.59 Å².